The molecule has 1 unspecified atom stereocenters. The zero-order valence-corrected chi connectivity index (χ0v) is 15.9. The van der Waals surface area contributed by atoms with Crippen LogP contribution in [0.3, 0.4) is 0 Å². The molecule has 0 radical (unpaired) electrons. The van der Waals surface area contributed by atoms with Gasteiger partial charge in [-0.25, -0.2) is 0 Å². The van der Waals surface area contributed by atoms with E-state index >= 15 is 0 Å². The molecule has 136 valence electrons. The molecule has 2 aliphatic rings. The number of aryl methyl sites for hydroxylation is 1. The normalized spacial score (nSPS) is 19.8. The molecule has 1 fully saturated rings. The molecule has 2 heterocycles. The molecule has 1 atom stereocenters. The van der Waals surface area contributed by atoms with Gasteiger partial charge < -0.3 is 14.5 Å². The first kappa shape index (κ1) is 17.4. The first-order valence-corrected chi connectivity index (χ1v) is 9.45. The summed E-state index contributed by atoms with van der Waals surface area (Å²) in [7, 11) is 0. The maximum absolute atomic E-state index is 13.1. The minimum Gasteiger partial charge on any atom is -0.378 e. The van der Waals surface area contributed by atoms with Crippen LogP contribution < -0.4 is 4.90 Å². The average molecular weight is 371 g/mol. The third-order valence-electron chi connectivity index (χ3n) is 5.39. The summed E-state index contributed by atoms with van der Waals surface area (Å²) in [6.07, 6.45) is 0. The molecule has 1 amide bonds. The lowest BCUT2D eigenvalue weighted by Gasteiger charge is -2.29. The molecular formula is C21H23ClN2O2. The van der Waals surface area contributed by atoms with Crippen molar-refractivity contribution in [1.82, 2.24) is 4.90 Å². The second-order valence-electron chi connectivity index (χ2n) is 7.06. The molecule has 0 bridgehead atoms. The van der Waals surface area contributed by atoms with E-state index in [1.54, 1.807) is 0 Å². The van der Waals surface area contributed by atoms with E-state index in [0.717, 1.165) is 48.6 Å². The van der Waals surface area contributed by atoms with Crippen LogP contribution in [-0.2, 0) is 11.3 Å². The van der Waals surface area contributed by atoms with Crippen LogP contribution in [0.15, 0.2) is 36.4 Å². The van der Waals surface area contributed by atoms with E-state index < -0.39 is 0 Å². The summed E-state index contributed by atoms with van der Waals surface area (Å²) in [5.74, 6) is 0.119. The Morgan fingerprint density at radius 1 is 1.15 bits per heavy atom. The van der Waals surface area contributed by atoms with Crippen molar-refractivity contribution in [2.75, 3.05) is 31.2 Å². The SMILES string of the molecule is Cc1cc(N2CCOCC2)cc2c1C(=O)N(Cc1ccc(Cl)cc1)C2C. The van der Waals surface area contributed by atoms with Crippen LogP contribution in [0.5, 0.6) is 0 Å². The summed E-state index contributed by atoms with van der Waals surface area (Å²) in [5.41, 5.74) is 5.33. The Morgan fingerprint density at radius 2 is 1.85 bits per heavy atom. The summed E-state index contributed by atoms with van der Waals surface area (Å²) >= 11 is 5.98. The van der Waals surface area contributed by atoms with Gasteiger partial charge in [0.15, 0.2) is 0 Å². The molecule has 2 aliphatic heterocycles. The molecule has 4 nitrogen and oxygen atoms in total. The third-order valence-corrected chi connectivity index (χ3v) is 5.64. The summed E-state index contributed by atoms with van der Waals surface area (Å²) in [5, 5.41) is 0.712. The van der Waals surface area contributed by atoms with Gasteiger partial charge in [-0.2, -0.15) is 0 Å². The molecule has 5 heteroatoms. The number of morpholine rings is 1. The fraction of sp³-hybridized carbons (Fsp3) is 0.381. The minimum absolute atomic E-state index is 0.0628. The highest BCUT2D eigenvalue weighted by molar-refractivity contribution is 6.30. The lowest BCUT2D eigenvalue weighted by atomic mass is 9.99. The Kier molecular flexibility index (Phi) is 4.63. The average Bonchev–Trinajstić information content (AvgIpc) is 2.89. The molecule has 0 spiro atoms. The van der Waals surface area contributed by atoms with E-state index in [4.69, 9.17) is 16.3 Å². The van der Waals surface area contributed by atoms with E-state index in [-0.39, 0.29) is 11.9 Å². The highest BCUT2D eigenvalue weighted by Crippen LogP contribution is 2.39. The Hall–Kier alpha value is -2.04. The number of fused-ring (bicyclic) bond motifs is 1. The first-order valence-electron chi connectivity index (χ1n) is 9.07. The maximum Gasteiger partial charge on any atom is 0.255 e. The number of hydrogen-bond acceptors (Lipinski definition) is 3. The standard InChI is InChI=1S/C21H23ClN2O2/c1-14-11-18(23-7-9-26-10-8-23)12-19-15(2)24(21(25)20(14)19)13-16-3-5-17(22)6-4-16/h3-6,11-12,15H,7-10,13H2,1-2H3. The van der Waals surface area contributed by atoms with Gasteiger partial charge in [-0.15, -0.1) is 0 Å². The zero-order valence-electron chi connectivity index (χ0n) is 15.2. The number of hydrogen-bond donors (Lipinski definition) is 0. The highest BCUT2D eigenvalue weighted by Gasteiger charge is 2.35. The highest BCUT2D eigenvalue weighted by atomic mass is 35.5. The van der Waals surface area contributed by atoms with Gasteiger partial charge in [0, 0.05) is 35.9 Å². The molecule has 4 rings (SSSR count). The molecule has 26 heavy (non-hydrogen) atoms. The number of amides is 1. The lowest BCUT2D eigenvalue weighted by molar-refractivity contribution is 0.0722. The lowest BCUT2D eigenvalue weighted by Crippen LogP contribution is -2.36. The Balaban J connectivity index is 1.63. The van der Waals surface area contributed by atoms with E-state index in [0.29, 0.717) is 11.6 Å². The Morgan fingerprint density at radius 3 is 2.54 bits per heavy atom. The van der Waals surface area contributed by atoms with Crippen LogP contribution in [-0.4, -0.2) is 37.1 Å². The van der Waals surface area contributed by atoms with E-state index in [1.165, 1.54) is 5.69 Å². The summed E-state index contributed by atoms with van der Waals surface area (Å²) in [4.78, 5) is 17.3. The smallest absolute Gasteiger partial charge is 0.255 e. The Labute approximate surface area is 159 Å². The molecule has 0 saturated carbocycles. The topological polar surface area (TPSA) is 32.8 Å². The summed E-state index contributed by atoms with van der Waals surface area (Å²) in [6.45, 7) is 8.06. The van der Waals surface area contributed by atoms with Crippen molar-refractivity contribution < 1.29 is 9.53 Å². The van der Waals surface area contributed by atoms with Crippen molar-refractivity contribution in [3.63, 3.8) is 0 Å². The van der Waals surface area contributed by atoms with Crippen LogP contribution in [0, 0.1) is 6.92 Å². The zero-order chi connectivity index (χ0) is 18.3. The number of rotatable bonds is 3. The van der Waals surface area contributed by atoms with Crippen LogP contribution >= 0.6 is 11.6 Å². The van der Waals surface area contributed by atoms with E-state index in [1.807, 2.05) is 36.1 Å². The van der Waals surface area contributed by atoms with Crippen LogP contribution in [0.2, 0.25) is 5.02 Å². The van der Waals surface area contributed by atoms with E-state index in [9.17, 15) is 4.79 Å². The van der Waals surface area contributed by atoms with Crippen molar-refractivity contribution in [1.29, 1.82) is 0 Å². The second kappa shape index (κ2) is 6.93. The molecule has 0 aromatic heterocycles. The number of halogens is 1. The van der Waals surface area contributed by atoms with Crippen LogP contribution in [0.1, 0.15) is 40.0 Å². The third kappa shape index (κ3) is 3.08. The molecule has 2 aromatic rings. The molecule has 0 aliphatic carbocycles. The minimum atomic E-state index is 0.0628. The maximum atomic E-state index is 13.1. The van der Waals surface area contributed by atoms with Crippen molar-refractivity contribution in [3.8, 4) is 0 Å². The monoisotopic (exact) mass is 370 g/mol. The fourth-order valence-corrected chi connectivity index (χ4v) is 4.03. The van der Waals surface area contributed by atoms with Gasteiger partial charge in [0.1, 0.15) is 0 Å². The predicted octanol–water partition coefficient (Wildman–Crippen LogP) is 4.20. The van der Waals surface area contributed by atoms with Gasteiger partial charge >= 0.3 is 0 Å². The van der Waals surface area contributed by atoms with Crippen molar-refractivity contribution in [3.05, 3.63) is 63.7 Å². The molecule has 0 N–H and O–H groups in total. The van der Waals surface area contributed by atoms with Crippen molar-refractivity contribution in [2.24, 2.45) is 0 Å². The largest absolute Gasteiger partial charge is 0.378 e. The number of ether oxygens (including phenoxy) is 1. The first-order chi connectivity index (χ1) is 12.5. The summed E-state index contributed by atoms with van der Waals surface area (Å²) in [6, 6.07) is 12.1. The fourth-order valence-electron chi connectivity index (χ4n) is 3.90. The second-order valence-corrected chi connectivity index (χ2v) is 7.50. The quantitative estimate of drug-likeness (QED) is 0.811. The van der Waals surface area contributed by atoms with Crippen molar-refractivity contribution in [2.45, 2.75) is 26.4 Å². The molecular weight excluding hydrogens is 348 g/mol. The van der Waals surface area contributed by atoms with Crippen LogP contribution in [0.25, 0.3) is 0 Å². The number of carbonyl (C=O) groups is 1. The van der Waals surface area contributed by atoms with Gasteiger partial charge in [0.2, 0.25) is 0 Å². The van der Waals surface area contributed by atoms with Crippen LogP contribution in [0.4, 0.5) is 5.69 Å². The van der Waals surface area contributed by atoms with Gasteiger partial charge in [-0.1, -0.05) is 23.7 Å². The van der Waals surface area contributed by atoms with Gasteiger partial charge in [0.25, 0.3) is 5.91 Å². The van der Waals surface area contributed by atoms with Gasteiger partial charge in [-0.05, 0) is 54.8 Å². The van der Waals surface area contributed by atoms with Gasteiger partial charge in [-0.3, -0.25) is 4.79 Å². The van der Waals surface area contributed by atoms with Gasteiger partial charge in [0.05, 0.1) is 19.3 Å². The Bertz CT molecular complexity index is 829. The number of carbonyl (C=O) groups excluding carboxylic acids is 1. The number of anilines is 1. The molecule has 2 aromatic carbocycles. The molecule has 1 saturated heterocycles. The summed E-state index contributed by atoms with van der Waals surface area (Å²) < 4.78 is 5.46. The number of benzene rings is 2. The van der Waals surface area contributed by atoms with Crippen molar-refractivity contribution >= 4 is 23.2 Å². The number of nitrogens with zero attached hydrogens (tertiary/aromatic N) is 2. The predicted molar refractivity (Wildman–Crippen MR) is 104 cm³/mol. The van der Waals surface area contributed by atoms with E-state index in [2.05, 4.69) is 24.0 Å².